The molecular weight excluding hydrogens is 264 g/mol. The Morgan fingerprint density at radius 3 is 2.32 bits per heavy atom. The molecule has 1 amide bonds. The summed E-state index contributed by atoms with van der Waals surface area (Å²) in [6.45, 7) is 0. The first-order valence-electron chi connectivity index (χ1n) is 5.69. The van der Waals surface area contributed by atoms with Crippen molar-refractivity contribution < 1.29 is 9.63 Å². The van der Waals surface area contributed by atoms with Crippen LogP contribution in [0.2, 0.25) is 5.02 Å². The fraction of sp³-hybridized carbons (Fsp3) is 0.0714. The van der Waals surface area contributed by atoms with Gasteiger partial charge in [-0.2, -0.15) is 0 Å². The Morgan fingerprint density at radius 1 is 1.11 bits per heavy atom. The molecule has 2 aromatic rings. The summed E-state index contributed by atoms with van der Waals surface area (Å²) >= 11 is 5.77. The molecule has 4 nitrogen and oxygen atoms in total. The topological polar surface area (TPSA) is 64.4 Å². The summed E-state index contributed by atoms with van der Waals surface area (Å²) in [6, 6.07) is 15.2. The Hall–Kier alpha value is -2.04. The van der Waals surface area contributed by atoms with E-state index in [0.717, 1.165) is 5.56 Å². The molecule has 5 heteroatoms. The van der Waals surface area contributed by atoms with Crippen LogP contribution in [-0.2, 0) is 4.79 Å². The molecule has 1 unspecified atom stereocenters. The van der Waals surface area contributed by atoms with Crippen molar-refractivity contribution in [3.05, 3.63) is 65.2 Å². The van der Waals surface area contributed by atoms with Gasteiger partial charge in [0.15, 0.2) is 0 Å². The van der Waals surface area contributed by atoms with Gasteiger partial charge in [-0.05, 0) is 29.8 Å². The molecule has 3 N–H and O–H groups in total. The van der Waals surface area contributed by atoms with E-state index in [4.69, 9.17) is 22.2 Å². The number of amides is 1. The van der Waals surface area contributed by atoms with Crippen LogP contribution in [0.1, 0.15) is 11.6 Å². The fourth-order valence-electron chi connectivity index (χ4n) is 1.57. The highest BCUT2D eigenvalue weighted by atomic mass is 35.5. The quantitative estimate of drug-likeness (QED) is 0.825. The number of primary amides is 1. The third-order valence-corrected chi connectivity index (χ3v) is 2.78. The van der Waals surface area contributed by atoms with Gasteiger partial charge in [-0.1, -0.05) is 41.9 Å². The van der Waals surface area contributed by atoms with Gasteiger partial charge in [0.2, 0.25) is 5.91 Å². The minimum absolute atomic E-state index is 0.514. The molecule has 0 fully saturated rings. The van der Waals surface area contributed by atoms with Crippen LogP contribution in [0.4, 0.5) is 0 Å². The van der Waals surface area contributed by atoms with E-state index in [-0.39, 0.29) is 0 Å². The van der Waals surface area contributed by atoms with Crippen molar-refractivity contribution in [2.45, 2.75) is 6.04 Å². The molecule has 0 radical (unpaired) electrons. The van der Waals surface area contributed by atoms with Gasteiger partial charge in [-0.3, -0.25) is 4.79 Å². The summed E-state index contributed by atoms with van der Waals surface area (Å²) in [4.78, 5) is 16.8. The molecule has 0 aliphatic heterocycles. The molecule has 0 spiro atoms. The smallest absolute Gasteiger partial charge is 0.242 e. The van der Waals surface area contributed by atoms with Crippen molar-refractivity contribution in [2.24, 2.45) is 5.73 Å². The second kappa shape index (κ2) is 6.22. The number of nitrogens with one attached hydrogen (secondary N) is 1. The highest BCUT2D eigenvalue weighted by molar-refractivity contribution is 6.30. The summed E-state index contributed by atoms with van der Waals surface area (Å²) in [5, 5.41) is 0.613. The number of halogens is 1. The molecule has 0 aromatic heterocycles. The minimum Gasteiger partial charge on any atom is -0.408 e. The van der Waals surface area contributed by atoms with Gasteiger partial charge in [0, 0.05) is 5.02 Å². The zero-order valence-electron chi connectivity index (χ0n) is 10.0. The van der Waals surface area contributed by atoms with E-state index >= 15 is 0 Å². The predicted molar refractivity (Wildman–Crippen MR) is 73.6 cm³/mol. The van der Waals surface area contributed by atoms with E-state index in [9.17, 15) is 4.79 Å². The van der Waals surface area contributed by atoms with Crippen LogP contribution in [0.25, 0.3) is 0 Å². The Morgan fingerprint density at radius 2 is 1.74 bits per heavy atom. The molecule has 0 bridgehead atoms. The Balaban J connectivity index is 2.06. The van der Waals surface area contributed by atoms with Crippen LogP contribution in [0.3, 0.4) is 0 Å². The van der Waals surface area contributed by atoms with Crippen molar-refractivity contribution in [2.75, 3.05) is 0 Å². The van der Waals surface area contributed by atoms with E-state index in [1.165, 1.54) is 0 Å². The van der Waals surface area contributed by atoms with E-state index < -0.39 is 11.9 Å². The summed E-state index contributed by atoms with van der Waals surface area (Å²) in [5.41, 5.74) is 8.75. The first kappa shape index (κ1) is 13.4. The number of carbonyl (C=O) groups excluding carboxylic acids is 1. The second-order valence-corrected chi connectivity index (χ2v) is 4.36. The van der Waals surface area contributed by atoms with Crippen molar-refractivity contribution >= 4 is 17.5 Å². The van der Waals surface area contributed by atoms with Gasteiger partial charge >= 0.3 is 0 Å². The maximum Gasteiger partial charge on any atom is 0.242 e. The lowest BCUT2D eigenvalue weighted by Crippen LogP contribution is -2.35. The van der Waals surface area contributed by atoms with Gasteiger partial charge < -0.3 is 10.6 Å². The van der Waals surface area contributed by atoms with Crippen LogP contribution < -0.4 is 16.1 Å². The largest absolute Gasteiger partial charge is 0.408 e. The Bertz CT molecular complexity index is 543. The predicted octanol–water partition coefficient (Wildman–Crippen LogP) is 2.45. The van der Waals surface area contributed by atoms with Crippen molar-refractivity contribution in [3.63, 3.8) is 0 Å². The number of hydrogen-bond donors (Lipinski definition) is 2. The molecule has 0 aliphatic carbocycles. The average Bonchev–Trinajstić information content (AvgIpc) is 2.42. The summed E-state index contributed by atoms with van der Waals surface area (Å²) < 4.78 is 0. The number of rotatable bonds is 5. The van der Waals surface area contributed by atoms with Gasteiger partial charge in [-0.25, -0.2) is 0 Å². The molecule has 2 rings (SSSR count). The lowest BCUT2D eigenvalue weighted by molar-refractivity contribution is -0.122. The lowest BCUT2D eigenvalue weighted by atomic mass is 10.1. The van der Waals surface area contributed by atoms with Gasteiger partial charge in [0.1, 0.15) is 11.8 Å². The van der Waals surface area contributed by atoms with Crippen molar-refractivity contribution in [1.82, 2.24) is 5.48 Å². The number of hydrogen-bond acceptors (Lipinski definition) is 3. The molecule has 0 saturated carbocycles. The molecule has 19 heavy (non-hydrogen) atoms. The maximum absolute atomic E-state index is 11.4. The number of carbonyl (C=O) groups is 1. The SMILES string of the molecule is NC(=O)C(NOc1ccc(Cl)cc1)c1ccccc1. The van der Waals surface area contributed by atoms with Crippen molar-refractivity contribution in [1.29, 1.82) is 0 Å². The summed E-state index contributed by atoms with van der Waals surface area (Å²) in [6.07, 6.45) is 0. The molecule has 2 aromatic carbocycles. The summed E-state index contributed by atoms with van der Waals surface area (Å²) in [7, 11) is 0. The molecule has 0 heterocycles. The summed E-state index contributed by atoms with van der Waals surface area (Å²) in [5.74, 6) is 0.0340. The first-order valence-corrected chi connectivity index (χ1v) is 6.07. The monoisotopic (exact) mass is 276 g/mol. The molecule has 0 saturated heterocycles. The normalized spacial score (nSPS) is 11.8. The zero-order chi connectivity index (χ0) is 13.7. The molecular formula is C14H13ClN2O2. The standard InChI is InChI=1S/C14H13ClN2O2/c15-11-6-8-12(9-7-11)19-17-13(14(16)18)10-4-2-1-3-5-10/h1-9,13,17H,(H2,16,18). The molecule has 0 aliphatic rings. The van der Waals surface area contributed by atoms with Gasteiger partial charge in [0.25, 0.3) is 0 Å². The van der Waals surface area contributed by atoms with E-state index in [1.54, 1.807) is 36.4 Å². The maximum atomic E-state index is 11.4. The van der Waals surface area contributed by atoms with Crippen LogP contribution in [0, 0.1) is 0 Å². The Labute approximate surface area is 116 Å². The van der Waals surface area contributed by atoms with E-state index in [0.29, 0.717) is 10.8 Å². The minimum atomic E-state index is -0.711. The lowest BCUT2D eigenvalue weighted by Gasteiger charge is -2.16. The average molecular weight is 277 g/mol. The third-order valence-electron chi connectivity index (χ3n) is 2.53. The highest BCUT2D eigenvalue weighted by Crippen LogP contribution is 2.17. The van der Waals surface area contributed by atoms with Crippen LogP contribution in [0.15, 0.2) is 54.6 Å². The Kier molecular flexibility index (Phi) is 4.39. The van der Waals surface area contributed by atoms with Crippen LogP contribution in [-0.4, -0.2) is 5.91 Å². The van der Waals surface area contributed by atoms with E-state index in [1.807, 2.05) is 18.2 Å². The highest BCUT2D eigenvalue weighted by Gasteiger charge is 2.17. The van der Waals surface area contributed by atoms with Crippen molar-refractivity contribution in [3.8, 4) is 5.75 Å². The third kappa shape index (κ3) is 3.71. The van der Waals surface area contributed by atoms with Crippen LogP contribution in [0.5, 0.6) is 5.75 Å². The number of nitrogens with two attached hydrogens (primary N) is 1. The number of hydroxylamine groups is 1. The molecule has 1 atom stereocenters. The fourth-order valence-corrected chi connectivity index (χ4v) is 1.69. The van der Waals surface area contributed by atoms with Gasteiger partial charge in [-0.15, -0.1) is 5.48 Å². The zero-order valence-corrected chi connectivity index (χ0v) is 10.8. The van der Waals surface area contributed by atoms with E-state index in [2.05, 4.69) is 5.48 Å². The van der Waals surface area contributed by atoms with Crippen LogP contribution >= 0.6 is 11.6 Å². The van der Waals surface area contributed by atoms with Gasteiger partial charge in [0.05, 0.1) is 0 Å². The number of benzene rings is 2. The first-order chi connectivity index (χ1) is 9.16. The second-order valence-electron chi connectivity index (χ2n) is 3.92. The molecule has 98 valence electrons.